The van der Waals surface area contributed by atoms with Gasteiger partial charge in [0.25, 0.3) is 5.56 Å². The Hall–Kier alpha value is -4.00. The molecule has 0 bridgehead atoms. The van der Waals surface area contributed by atoms with Gasteiger partial charge < -0.3 is 4.90 Å². The molecule has 0 saturated carbocycles. The zero-order valence-corrected chi connectivity index (χ0v) is 20.0. The molecule has 35 heavy (non-hydrogen) atoms. The van der Waals surface area contributed by atoms with Crippen LogP contribution in [0.1, 0.15) is 48.9 Å². The standard InChI is InChI=1S/C28H28N6O/c1-18(21-11-12-22-23(17-21)30-14-13-29-22)24-19(2)31-27-26(33-15-7-4-8-16-33)25(32-34(27)28(24)35)20-9-5-3-6-10-20/h3,5-6,9-14,17-18,32H,4,7-8,15-16H2,1-2H3/t18-/m1/s1. The van der Waals surface area contributed by atoms with Crippen molar-refractivity contribution < 1.29 is 0 Å². The predicted octanol–water partition coefficient (Wildman–Crippen LogP) is 5.08. The van der Waals surface area contributed by atoms with Gasteiger partial charge in [-0.25, -0.2) is 4.98 Å². The number of aromatic amines is 1. The highest BCUT2D eigenvalue weighted by Crippen LogP contribution is 2.35. The fourth-order valence-electron chi connectivity index (χ4n) is 5.32. The van der Waals surface area contributed by atoms with Crippen molar-refractivity contribution in [3.05, 3.63) is 88.1 Å². The van der Waals surface area contributed by atoms with Crippen LogP contribution in [0.4, 0.5) is 5.69 Å². The molecule has 5 aromatic rings. The summed E-state index contributed by atoms with van der Waals surface area (Å²) >= 11 is 0. The van der Waals surface area contributed by atoms with Crippen molar-refractivity contribution in [1.29, 1.82) is 0 Å². The van der Waals surface area contributed by atoms with Gasteiger partial charge in [0.2, 0.25) is 0 Å². The predicted molar refractivity (Wildman–Crippen MR) is 139 cm³/mol. The van der Waals surface area contributed by atoms with Crippen LogP contribution in [-0.4, -0.2) is 37.7 Å². The Balaban J connectivity index is 1.54. The van der Waals surface area contributed by atoms with E-state index < -0.39 is 0 Å². The normalized spacial score (nSPS) is 15.1. The molecule has 4 heterocycles. The number of aromatic nitrogens is 5. The first-order valence-electron chi connectivity index (χ1n) is 12.3. The van der Waals surface area contributed by atoms with E-state index in [1.54, 1.807) is 16.9 Å². The lowest BCUT2D eigenvalue weighted by atomic mass is 9.92. The van der Waals surface area contributed by atoms with E-state index in [1.165, 1.54) is 6.42 Å². The fraction of sp³-hybridized carbons (Fsp3) is 0.286. The Morgan fingerprint density at radius 1 is 0.943 bits per heavy atom. The van der Waals surface area contributed by atoms with Gasteiger partial charge in [-0.15, -0.1) is 0 Å². The molecule has 1 N–H and O–H groups in total. The number of benzene rings is 2. The number of hydrogen-bond donors (Lipinski definition) is 1. The van der Waals surface area contributed by atoms with Crippen molar-refractivity contribution >= 4 is 22.4 Å². The van der Waals surface area contributed by atoms with E-state index in [9.17, 15) is 4.79 Å². The van der Waals surface area contributed by atoms with Crippen LogP contribution < -0.4 is 10.5 Å². The van der Waals surface area contributed by atoms with E-state index in [1.807, 2.05) is 43.3 Å². The van der Waals surface area contributed by atoms with Crippen molar-refractivity contribution in [3.63, 3.8) is 0 Å². The summed E-state index contributed by atoms with van der Waals surface area (Å²) in [7, 11) is 0. The Bertz CT molecular complexity index is 1580. The minimum absolute atomic E-state index is 0.0558. The third kappa shape index (κ3) is 3.67. The quantitative estimate of drug-likeness (QED) is 0.401. The van der Waals surface area contributed by atoms with E-state index in [0.717, 1.165) is 65.2 Å². The fourth-order valence-corrected chi connectivity index (χ4v) is 5.32. The van der Waals surface area contributed by atoms with Crippen molar-refractivity contribution in [2.24, 2.45) is 0 Å². The SMILES string of the molecule is Cc1nc2c(N3CCCCC3)c(-c3ccccc3)[nH]n2c(=O)c1[C@H](C)c1ccc2nccnc2c1. The second kappa shape index (κ2) is 8.65. The number of anilines is 1. The van der Waals surface area contributed by atoms with Gasteiger partial charge in [0.05, 0.1) is 16.7 Å². The Morgan fingerprint density at radius 3 is 2.46 bits per heavy atom. The maximum atomic E-state index is 14.0. The zero-order valence-electron chi connectivity index (χ0n) is 20.0. The maximum absolute atomic E-state index is 14.0. The first kappa shape index (κ1) is 21.5. The Morgan fingerprint density at radius 2 is 1.69 bits per heavy atom. The first-order valence-corrected chi connectivity index (χ1v) is 12.3. The molecule has 0 radical (unpaired) electrons. The topological polar surface area (TPSA) is 79.2 Å². The summed E-state index contributed by atoms with van der Waals surface area (Å²) in [5, 5.41) is 3.43. The highest BCUT2D eigenvalue weighted by Gasteiger charge is 2.26. The second-order valence-corrected chi connectivity index (χ2v) is 9.35. The van der Waals surface area contributed by atoms with E-state index in [2.05, 4.69) is 39.0 Å². The molecule has 1 fully saturated rings. The van der Waals surface area contributed by atoms with Crippen LogP contribution in [0, 0.1) is 6.92 Å². The largest absolute Gasteiger partial charge is 0.367 e. The minimum atomic E-state index is -0.139. The van der Waals surface area contributed by atoms with E-state index in [4.69, 9.17) is 4.98 Å². The molecule has 6 rings (SSSR count). The molecule has 7 nitrogen and oxygen atoms in total. The van der Waals surface area contributed by atoms with Crippen LogP contribution in [0.2, 0.25) is 0 Å². The van der Waals surface area contributed by atoms with Crippen molar-refractivity contribution in [3.8, 4) is 11.3 Å². The number of rotatable bonds is 4. The molecule has 0 spiro atoms. The lowest BCUT2D eigenvalue weighted by Gasteiger charge is -2.28. The second-order valence-electron chi connectivity index (χ2n) is 9.35. The average molecular weight is 465 g/mol. The van der Waals surface area contributed by atoms with Crippen LogP contribution in [0.3, 0.4) is 0 Å². The number of piperidine rings is 1. The lowest BCUT2D eigenvalue weighted by molar-refractivity contribution is 0.579. The lowest BCUT2D eigenvalue weighted by Crippen LogP contribution is -2.30. The van der Waals surface area contributed by atoms with E-state index >= 15 is 0 Å². The summed E-state index contributed by atoms with van der Waals surface area (Å²) < 4.78 is 1.64. The van der Waals surface area contributed by atoms with Gasteiger partial charge in [-0.2, -0.15) is 4.52 Å². The maximum Gasteiger partial charge on any atom is 0.276 e. The summed E-state index contributed by atoms with van der Waals surface area (Å²) in [5.41, 5.74) is 7.81. The van der Waals surface area contributed by atoms with Gasteiger partial charge in [-0.3, -0.25) is 19.9 Å². The molecular formula is C28H28N6O. The van der Waals surface area contributed by atoms with E-state index in [-0.39, 0.29) is 11.5 Å². The van der Waals surface area contributed by atoms with Crippen LogP contribution in [0.5, 0.6) is 0 Å². The van der Waals surface area contributed by atoms with Gasteiger partial charge in [0.15, 0.2) is 5.65 Å². The third-order valence-electron chi connectivity index (χ3n) is 7.14. The van der Waals surface area contributed by atoms with Gasteiger partial charge in [0.1, 0.15) is 5.69 Å². The molecule has 1 atom stereocenters. The Labute approximate surface area is 203 Å². The molecule has 1 aliphatic rings. The Kier molecular flexibility index (Phi) is 5.32. The number of fused-ring (bicyclic) bond motifs is 2. The molecule has 176 valence electrons. The highest BCUT2D eigenvalue weighted by atomic mass is 16.1. The highest BCUT2D eigenvalue weighted by molar-refractivity contribution is 5.86. The van der Waals surface area contributed by atoms with Crippen LogP contribution in [-0.2, 0) is 0 Å². The molecule has 0 unspecified atom stereocenters. The van der Waals surface area contributed by atoms with Gasteiger partial charge in [-0.05, 0) is 43.9 Å². The molecule has 3 aromatic heterocycles. The smallest absolute Gasteiger partial charge is 0.276 e. The van der Waals surface area contributed by atoms with Gasteiger partial charge in [-0.1, -0.05) is 43.3 Å². The average Bonchev–Trinajstić information content (AvgIpc) is 3.29. The van der Waals surface area contributed by atoms with Gasteiger partial charge >= 0.3 is 0 Å². The summed E-state index contributed by atoms with van der Waals surface area (Å²) in [6, 6.07) is 16.2. The van der Waals surface area contributed by atoms with Crippen LogP contribution >= 0.6 is 0 Å². The van der Waals surface area contributed by atoms with Crippen molar-refractivity contribution in [1.82, 2.24) is 24.6 Å². The molecule has 2 aromatic carbocycles. The molecule has 1 saturated heterocycles. The zero-order chi connectivity index (χ0) is 23.9. The van der Waals surface area contributed by atoms with Crippen molar-refractivity contribution in [2.75, 3.05) is 18.0 Å². The molecule has 0 aliphatic carbocycles. The third-order valence-corrected chi connectivity index (χ3v) is 7.14. The van der Waals surface area contributed by atoms with Crippen LogP contribution in [0.15, 0.2) is 65.7 Å². The minimum Gasteiger partial charge on any atom is -0.367 e. The molecule has 1 aliphatic heterocycles. The summed E-state index contributed by atoms with van der Waals surface area (Å²) in [4.78, 5) is 30.2. The van der Waals surface area contributed by atoms with Crippen LogP contribution in [0.25, 0.3) is 27.9 Å². The number of hydrogen-bond acceptors (Lipinski definition) is 5. The molecular weight excluding hydrogens is 436 g/mol. The van der Waals surface area contributed by atoms with Gasteiger partial charge in [0, 0.05) is 48.2 Å². The molecule has 0 amide bonds. The van der Waals surface area contributed by atoms with Crippen molar-refractivity contribution in [2.45, 2.75) is 39.0 Å². The number of nitrogens with one attached hydrogen (secondary N) is 1. The number of nitrogens with zero attached hydrogens (tertiary/aromatic N) is 5. The summed E-state index contributed by atoms with van der Waals surface area (Å²) in [5.74, 6) is -0.139. The summed E-state index contributed by atoms with van der Waals surface area (Å²) in [6.07, 6.45) is 6.92. The first-order chi connectivity index (χ1) is 17.1. The number of aryl methyl sites for hydroxylation is 1. The monoisotopic (exact) mass is 464 g/mol. The summed E-state index contributed by atoms with van der Waals surface area (Å²) in [6.45, 7) is 5.95. The number of H-pyrrole nitrogens is 1. The molecule has 7 heteroatoms. The van der Waals surface area contributed by atoms with E-state index in [0.29, 0.717) is 11.2 Å².